The maximum absolute atomic E-state index is 12.8. The topological polar surface area (TPSA) is 66.8 Å². The van der Waals surface area contributed by atoms with E-state index in [9.17, 15) is 14.7 Å². The van der Waals surface area contributed by atoms with E-state index in [1.165, 1.54) is 0 Å². The second-order valence-electron chi connectivity index (χ2n) is 6.32. The molecule has 2 aliphatic rings. The van der Waals surface area contributed by atoms with Crippen LogP contribution in [0.15, 0.2) is 0 Å². The Morgan fingerprint density at radius 2 is 1.90 bits per heavy atom. The molecule has 5 heteroatoms. The Kier molecular flexibility index (Phi) is 4.68. The minimum absolute atomic E-state index is 0.0174. The smallest absolute Gasteiger partial charge is 0.307 e. The third-order valence-electron chi connectivity index (χ3n) is 4.65. The lowest BCUT2D eigenvalue weighted by atomic mass is 9.93. The molecule has 0 aromatic carbocycles. The summed E-state index contributed by atoms with van der Waals surface area (Å²) in [5.74, 6) is -1.38. The second-order valence-corrected chi connectivity index (χ2v) is 6.32. The number of amides is 1. The van der Waals surface area contributed by atoms with Crippen molar-refractivity contribution < 1.29 is 19.4 Å². The molecule has 2 fully saturated rings. The van der Waals surface area contributed by atoms with E-state index in [1.54, 1.807) is 0 Å². The Morgan fingerprint density at radius 3 is 2.50 bits per heavy atom. The van der Waals surface area contributed by atoms with Gasteiger partial charge in [-0.25, -0.2) is 0 Å². The fourth-order valence-corrected chi connectivity index (χ4v) is 3.50. The molecular weight excluding hydrogens is 258 g/mol. The summed E-state index contributed by atoms with van der Waals surface area (Å²) < 4.78 is 5.61. The van der Waals surface area contributed by atoms with Gasteiger partial charge >= 0.3 is 5.97 Å². The fourth-order valence-electron chi connectivity index (χ4n) is 3.50. The van der Waals surface area contributed by atoms with Crippen LogP contribution in [0.2, 0.25) is 0 Å². The predicted molar refractivity (Wildman–Crippen MR) is 74.2 cm³/mol. The molecule has 1 amide bonds. The van der Waals surface area contributed by atoms with Crippen molar-refractivity contribution in [3.05, 3.63) is 0 Å². The SMILES string of the molecule is CCC1COC(C)CN1C(=O)C1CC(C)CC1C(=O)O. The number of hydrogen-bond donors (Lipinski definition) is 1. The number of hydrogen-bond acceptors (Lipinski definition) is 3. The van der Waals surface area contributed by atoms with Gasteiger partial charge in [0.2, 0.25) is 5.91 Å². The summed E-state index contributed by atoms with van der Waals surface area (Å²) in [6.07, 6.45) is 2.18. The first kappa shape index (κ1) is 15.3. The molecule has 0 radical (unpaired) electrons. The van der Waals surface area contributed by atoms with Crippen LogP contribution in [0.4, 0.5) is 0 Å². The molecule has 1 aliphatic heterocycles. The number of carbonyl (C=O) groups is 2. The van der Waals surface area contributed by atoms with Crippen LogP contribution in [-0.4, -0.2) is 47.2 Å². The van der Waals surface area contributed by atoms with Crippen LogP contribution < -0.4 is 0 Å². The van der Waals surface area contributed by atoms with Crippen molar-refractivity contribution in [1.29, 1.82) is 0 Å². The molecule has 0 spiro atoms. The quantitative estimate of drug-likeness (QED) is 0.857. The zero-order valence-corrected chi connectivity index (χ0v) is 12.5. The molecule has 2 rings (SSSR count). The van der Waals surface area contributed by atoms with E-state index in [2.05, 4.69) is 0 Å². The normalized spacial score (nSPS) is 38.0. The maximum Gasteiger partial charge on any atom is 0.307 e. The maximum atomic E-state index is 12.8. The number of carboxylic acids is 1. The number of aliphatic carboxylic acids is 1. The zero-order chi connectivity index (χ0) is 14.9. The number of carbonyl (C=O) groups excluding carboxylic acids is 1. The van der Waals surface area contributed by atoms with E-state index in [1.807, 2.05) is 25.7 Å². The van der Waals surface area contributed by atoms with Crippen LogP contribution in [0.3, 0.4) is 0 Å². The zero-order valence-electron chi connectivity index (χ0n) is 12.5. The lowest BCUT2D eigenvalue weighted by molar-refractivity contribution is -0.155. The van der Waals surface area contributed by atoms with E-state index in [0.717, 1.165) is 6.42 Å². The number of carboxylic acid groups (broad SMARTS) is 1. The Labute approximate surface area is 120 Å². The first-order valence-electron chi connectivity index (χ1n) is 7.58. The first-order valence-corrected chi connectivity index (χ1v) is 7.58. The predicted octanol–water partition coefficient (Wildman–Crippen LogP) is 1.76. The summed E-state index contributed by atoms with van der Waals surface area (Å²) in [4.78, 5) is 26.0. The summed E-state index contributed by atoms with van der Waals surface area (Å²) in [7, 11) is 0. The van der Waals surface area contributed by atoms with Gasteiger partial charge in [-0.2, -0.15) is 0 Å². The molecule has 1 N–H and O–H groups in total. The monoisotopic (exact) mass is 283 g/mol. The molecule has 1 saturated heterocycles. The van der Waals surface area contributed by atoms with E-state index < -0.39 is 11.9 Å². The van der Waals surface area contributed by atoms with Gasteiger partial charge in [-0.1, -0.05) is 13.8 Å². The molecule has 1 saturated carbocycles. The Morgan fingerprint density at radius 1 is 1.25 bits per heavy atom. The fraction of sp³-hybridized carbons (Fsp3) is 0.867. The number of nitrogens with zero attached hydrogens (tertiary/aromatic N) is 1. The van der Waals surface area contributed by atoms with Crippen LogP contribution in [0, 0.1) is 17.8 Å². The minimum Gasteiger partial charge on any atom is -0.481 e. The highest BCUT2D eigenvalue weighted by Crippen LogP contribution is 2.38. The van der Waals surface area contributed by atoms with Crippen molar-refractivity contribution in [1.82, 2.24) is 4.90 Å². The third-order valence-corrected chi connectivity index (χ3v) is 4.65. The van der Waals surface area contributed by atoms with Gasteiger partial charge in [0.05, 0.1) is 30.6 Å². The molecular formula is C15H25NO4. The largest absolute Gasteiger partial charge is 0.481 e. The van der Waals surface area contributed by atoms with E-state index in [4.69, 9.17) is 4.74 Å². The second kappa shape index (κ2) is 6.12. The van der Waals surface area contributed by atoms with E-state index in [0.29, 0.717) is 31.9 Å². The van der Waals surface area contributed by atoms with E-state index in [-0.39, 0.29) is 24.0 Å². The lowest BCUT2D eigenvalue weighted by Gasteiger charge is -2.40. The van der Waals surface area contributed by atoms with Gasteiger partial charge in [-0.15, -0.1) is 0 Å². The molecule has 0 bridgehead atoms. The Bertz CT molecular complexity index is 384. The molecule has 0 aromatic rings. The Hall–Kier alpha value is -1.10. The van der Waals surface area contributed by atoms with Gasteiger partial charge in [0.1, 0.15) is 0 Å². The van der Waals surface area contributed by atoms with Crippen molar-refractivity contribution >= 4 is 11.9 Å². The van der Waals surface area contributed by atoms with Crippen molar-refractivity contribution in [3.8, 4) is 0 Å². The third kappa shape index (κ3) is 2.97. The average Bonchev–Trinajstić information content (AvgIpc) is 2.80. The summed E-state index contributed by atoms with van der Waals surface area (Å²) >= 11 is 0. The average molecular weight is 283 g/mol. The van der Waals surface area contributed by atoms with Crippen LogP contribution in [0.25, 0.3) is 0 Å². The molecule has 5 unspecified atom stereocenters. The van der Waals surface area contributed by atoms with Crippen LogP contribution >= 0.6 is 0 Å². The number of rotatable bonds is 3. The Balaban J connectivity index is 2.13. The highest BCUT2D eigenvalue weighted by atomic mass is 16.5. The standard InChI is InChI=1S/C15H25NO4/c1-4-11-8-20-10(3)7-16(11)14(17)12-5-9(2)6-13(12)15(18)19/h9-13H,4-8H2,1-3H3,(H,18,19). The van der Waals surface area contributed by atoms with Crippen molar-refractivity contribution in [2.24, 2.45) is 17.8 Å². The summed E-state index contributed by atoms with van der Waals surface area (Å²) in [6, 6.07) is 0.0871. The van der Waals surface area contributed by atoms with Crippen molar-refractivity contribution in [3.63, 3.8) is 0 Å². The minimum atomic E-state index is -0.831. The highest BCUT2D eigenvalue weighted by Gasteiger charge is 2.44. The number of morpholine rings is 1. The van der Waals surface area contributed by atoms with Crippen molar-refractivity contribution in [2.75, 3.05) is 13.2 Å². The van der Waals surface area contributed by atoms with Gasteiger partial charge in [0.25, 0.3) is 0 Å². The van der Waals surface area contributed by atoms with Crippen LogP contribution in [-0.2, 0) is 14.3 Å². The summed E-state index contributed by atoms with van der Waals surface area (Å²) in [5.41, 5.74) is 0. The molecule has 1 aliphatic carbocycles. The summed E-state index contributed by atoms with van der Waals surface area (Å²) in [5, 5.41) is 9.33. The van der Waals surface area contributed by atoms with E-state index >= 15 is 0 Å². The van der Waals surface area contributed by atoms with Gasteiger partial charge in [-0.05, 0) is 32.1 Å². The summed E-state index contributed by atoms with van der Waals surface area (Å²) in [6.45, 7) is 7.16. The van der Waals surface area contributed by atoms with Gasteiger partial charge in [-0.3, -0.25) is 9.59 Å². The van der Waals surface area contributed by atoms with Gasteiger partial charge in [0, 0.05) is 6.54 Å². The van der Waals surface area contributed by atoms with Crippen LogP contribution in [0.5, 0.6) is 0 Å². The molecule has 1 heterocycles. The molecule has 0 aromatic heterocycles. The first-order chi connectivity index (χ1) is 9.43. The van der Waals surface area contributed by atoms with Gasteiger partial charge in [0.15, 0.2) is 0 Å². The van der Waals surface area contributed by atoms with Crippen LogP contribution in [0.1, 0.15) is 40.0 Å². The number of ether oxygens (including phenoxy) is 1. The highest BCUT2D eigenvalue weighted by molar-refractivity contribution is 5.85. The molecule has 5 nitrogen and oxygen atoms in total. The molecule has 20 heavy (non-hydrogen) atoms. The molecule has 114 valence electrons. The van der Waals surface area contributed by atoms with Crippen molar-refractivity contribution in [2.45, 2.75) is 52.2 Å². The van der Waals surface area contributed by atoms with Gasteiger partial charge < -0.3 is 14.7 Å². The molecule has 5 atom stereocenters. The lowest BCUT2D eigenvalue weighted by Crippen LogP contribution is -2.53.